The molecule has 0 saturated carbocycles. The summed E-state index contributed by atoms with van der Waals surface area (Å²) in [6.07, 6.45) is 1.69. The maximum absolute atomic E-state index is 8.83. The minimum Gasteiger partial charge on any atom is -0.490 e. The summed E-state index contributed by atoms with van der Waals surface area (Å²) in [5, 5.41) is 8.83. The quantitative estimate of drug-likeness (QED) is 0.692. The van der Waals surface area contributed by atoms with E-state index in [9.17, 15) is 0 Å². The number of aliphatic hydroxyl groups is 1. The highest BCUT2D eigenvalue weighted by atomic mass is 16.5. The van der Waals surface area contributed by atoms with E-state index >= 15 is 0 Å². The number of hydrogen-bond acceptors (Lipinski definition) is 3. The van der Waals surface area contributed by atoms with Crippen molar-refractivity contribution in [2.75, 3.05) is 13.2 Å². The van der Waals surface area contributed by atoms with Crippen LogP contribution >= 0.6 is 0 Å². The van der Waals surface area contributed by atoms with Crippen molar-refractivity contribution in [1.82, 2.24) is 0 Å². The molecular formula is C11H15NO2. The lowest BCUT2D eigenvalue weighted by Crippen LogP contribution is -2.14. The molecule has 0 spiro atoms. The predicted molar refractivity (Wildman–Crippen MR) is 56.1 cm³/mol. The average Bonchev–Trinajstić information content (AvgIpc) is 2.26. The molecule has 3 N–H and O–H groups in total. The SMILES string of the molecule is C=CCOc1ccc([C@@H](N)CO)cc1. The van der Waals surface area contributed by atoms with Crippen LogP contribution < -0.4 is 10.5 Å². The van der Waals surface area contributed by atoms with Gasteiger partial charge in [-0.1, -0.05) is 24.8 Å². The van der Waals surface area contributed by atoms with Gasteiger partial charge in [-0.05, 0) is 17.7 Å². The molecule has 1 aromatic carbocycles. The normalized spacial score (nSPS) is 12.1. The van der Waals surface area contributed by atoms with E-state index in [-0.39, 0.29) is 12.6 Å². The third-order valence-electron chi connectivity index (χ3n) is 1.87. The summed E-state index contributed by atoms with van der Waals surface area (Å²) in [6.45, 7) is 4.00. The molecule has 0 aliphatic heterocycles. The van der Waals surface area contributed by atoms with Crippen molar-refractivity contribution in [2.45, 2.75) is 6.04 Å². The first-order valence-corrected chi connectivity index (χ1v) is 4.48. The van der Waals surface area contributed by atoms with Crippen molar-refractivity contribution in [3.63, 3.8) is 0 Å². The molecule has 0 aliphatic carbocycles. The summed E-state index contributed by atoms with van der Waals surface area (Å²) >= 11 is 0. The van der Waals surface area contributed by atoms with Crippen LogP contribution in [0.15, 0.2) is 36.9 Å². The van der Waals surface area contributed by atoms with Crippen LogP contribution in [0.4, 0.5) is 0 Å². The number of benzene rings is 1. The molecule has 0 amide bonds. The number of rotatable bonds is 5. The summed E-state index contributed by atoms with van der Waals surface area (Å²) < 4.78 is 5.30. The lowest BCUT2D eigenvalue weighted by atomic mass is 10.1. The first-order chi connectivity index (χ1) is 6.77. The maximum Gasteiger partial charge on any atom is 0.119 e. The zero-order valence-electron chi connectivity index (χ0n) is 8.02. The zero-order chi connectivity index (χ0) is 10.4. The van der Waals surface area contributed by atoms with Crippen molar-refractivity contribution in [3.8, 4) is 5.75 Å². The van der Waals surface area contributed by atoms with Gasteiger partial charge >= 0.3 is 0 Å². The summed E-state index contributed by atoms with van der Waals surface area (Å²) in [5.74, 6) is 0.777. The molecule has 1 rings (SSSR count). The summed E-state index contributed by atoms with van der Waals surface area (Å²) in [6, 6.07) is 7.03. The highest BCUT2D eigenvalue weighted by Crippen LogP contribution is 2.15. The summed E-state index contributed by atoms with van der Waals surface area (Å²) in [4.78, 5) is 0. The second-order valence-electron chi connectivity index (χ2n) is 2.96. The highest BCUT2D eigenvalue weighted by molar-refractivity contribution is 5.29. The molecule has 0 radical (unpaired) electrons. The van der Waals surface area contributed by atoms with Crippen LogP contribution in [0.2, 0.25) is 0 Å². The monoisotopic (exact) mass is 193 g/mol. The smallest absolute Gasteiger partial charge is 0.119 e. The minimum absolute atomic E-state index is 0.0487. The molecule has 1 atom stereocenters. The van der Waals surface area contributed by atoms with E-state index < -0.39 is 0 Å². The first kappa shape index (κ1) is 10.8. The molecule has 0 aliphatic rings. The Hall–Kier alpha value is -1.32. The Bertz CT molecular complexity index is 282. The van der Waals surface area contributed by atoms with Crippen LogP contribution in [0.3, 0.4) is 0 Å². The lowest BCUT2D eigenvalue weighted by molar-refractivity contribution is 0.268. The van der Waals surface area contributed by atoms with Crippen LogP contribution in [0, 0.1) is 0 Å². The van der Waals surface area contributed by atoms with E-state index in [0.717, 1.165) is 11.3 Å². The Labute approximate surface area is 83.8 Å². The molecule has 0 unspecified atom stereocenters. The molecule has 1 aromatic rings. The van der Waals surface area contributed by atoms with E-state index in [2.05, 4.69) is 6.58 Å². The second kappa shape index (κ2) is 5.42. The van der Waals surface area contributed by atoms with E-state index in [1.807, 2.05) is 24.3 Å². The minimum atomic E-state index is -0.316. The second-order valence-corrected chi connectivity index (χ2v) is 2.96. The Morgan fingerprint density at radius 3 is 2.57 bits per heavy atom. The van der Waals surface area contributed by atoms with Crippen LogP contribution in [0.5, 0.6) is 5.75 Å². The van der Waals surface area contributed by atoms with E-state index in [4.69, 9.17) is 15.6 Å². The van der Waals surface area contributed by atoms with Crippen LogP contribution in [0.25, 0.3) is 0 Å². The van der Waals surface area contributed by atoms with Gasteiger partial charge in [0.25, 0.3) is 0 Å². The number of hydrogen-bond donors (Lipinski definition) is 2. The zero-order valence-corrected chi connectivity index (χ0v) is 8.02. The van der Waals surface area contributed by atoms with Crippen molar-refractivity contribution in [3.05, 3.63) is 42.5 Å². The Morgan fingerprint density at radius 2 is 2.07 bits per heavy atom. The van der Waals surface area contributed by atoms with E-state index in [1.54, 1.807) is 6.08 Å². The fourth-order valence-electron chi connectivity index (χ4n) is 1.07. The predicted octanol–water partition coefficient (Wildman–Crippen LogP) is 1.24. The molecule has 0 fully saturated rings. The standard InChI is InChI=1S/C11H15NO2/c1-2-7-14-10-5-3-9(4-6-10)11(12)8-13/h2-6,11,13H,1,7-8,12H2/t11-/m0/s1. The molecular weight excluding hydrogens is 178 g/mol. The Balaban J connectivity index is 2.63. The molecule has 0 bridgehead atoms. The van der Waals surface area contributed by atoms with Gasteiger partial charge in [-0.15, -0.1) is 0 Å². The Morgan fingerprint density at radius 1 is 1.43 bits per heavy atom. The largest absolute Gasteiger partial charge is 0.490 e. The van der Waals surface area contributed by atoms with Gasteiger partial charge in [-0.3, -0.25) is 0 Å². The van der Waals surface area contributed by atoms with Gasteiger partial charge in [0.15, 0.2) is 0 Å². The molecule has 3 nitrogen and oxygen atoms in total. The van der Waals surface area contributed by atoms with E-state index in [1.165, 1.54) is 0 Å². The van der Waals surface area contributed by atoms with Gasteiger partial charge in [-0.2, -0.15) is 0 Å². The van der Waals surface area contributed by atoms with Crippen molar-refractivity contribution in [1.29, 1.82) is 0 Å². The molecule has 0 saturated heterocycles. The van der Waals surface area contributed by atoms with Gasteiger partial charge < -0.3 is 15.6 Å². The maximum atomic E-state index is 8.83. The van der Waals surface area contributed by atoms with Gasteiger partial charge in [-0.25, -0.2) is 0 Å². The highest BCUT2D eigenvalue weighted by Gasteiger charge is 2.03. The van der Waals surface area contributed by atoms with Gasteiger partial charge in [0.2, 0.25) is 0 Å². The molecule has 76 valence electrons. The fraction of sp³-hybridized carbons (Fsp3) is 0.273. The average molecular weight is 193 g/mol. The summed E-state index contributed by atoms with van der Waals surface area (Å²) in [5.41, 5.74) is 6.54. The topological polar surface area (TPSA) is 55.5 Å². The number of aliphatic hydroxyl groups excluding tert-OH is 1. The van der Waals surface area contributed by atoms with Crippen molar-refractivity contribution < 1.29 is 9.84 Å². The first-order valence-electron chi connectivity index (χ1n) is 4.48. The van der Waals surface area contributed by atoms with Crippen LogP contribution in [-0.2, 0) is 0 Å². The van der Waals surface area contributed by atoms with Gasteiger partial charge in [0.1, 0.15) is 12.4 Å². The van der Waals surface area contributed by atoms with Crippen LogP contribution in [-0.4, -0.2) is 18.3 Å². The van der Waals surface area contributed by atoms with Crippen molar-refractivity contribution in [2.24, 2.45) is 5.73 Å². The van der Waals surface area contributed by atoms with E-state index in [0.29, 0.717) is 6.61 Å². The van der Waals surface area contributed by atoms with Crippen LogP contribution in [0.1, 0.15) is 11.6 Å². The number of ether oxygens (including phenoxy) is 1. The molecule has 0 heterocycles. The lowest BCUT2D eigenvalue weighted by Gasteiger charge is -2.09. The molecule has 0 aromatic heterocycles. The summed E-state index contributed by atoms with van der Waals surface area (Å²) in [7, 11) is 0. The molecule has 3 heteroatoms. The van der Waals surface area contributed by atoms with Gasteiger partial charge in [0.05, 0.1) is 12.6 Å². The molecule has 14 heavy (non-hydrogen) atoms. The van der Waals surface area contributed by atoms with Gasteiger partial charge in [0, 0.05) is 0 Å². The fourth-order valence-corrected chi connectivity index (χ4v) is 1.07. The third-order valence-corrected chi connectivity index (χ3v) is 1.87. The third kappa shape index (κ3) is 2.87. The number of nitrogens with two attached hydrogens (primary N) is 1. The Kier molecular flexibility index (Phi) is 4.16. The van der Waals surface area contributed by atoms with Crippen molar-refractivity contribution >= 4 is 0 Å².